The smallest absolute Gasteiger partial charge is 0.124 e. The normalized spacial score (nSPS) is 12.5. The van der Waals surface area contributed by atoms with E-state index in [1.165, 1.54) is 0 Å². The number of anilines is 1. The molecule has 0 saturated carbocycles. The van der Waals surface area contributed by atoms with E-state index in [-0.39, 0.29) is 5.75 Å². The molecule has 1 unspecified atom stereocenters. The third-order valence-corrected chi connectivity index (χ3v) is 1.57. The number of hydrogen-bond acceptors (Lipinski definition) is 3. The van der Waals surface area contributed by atoms with Crippen molar-refractivity contribution >= 4 is 5.69 Å². The maximum absolute atomic E-state index is 9.21. The minimum Gasteiger partial charge on any atom is -0.508 e. The Morgan fingerprint density at radius 1 is 1.50 bits per heavy atom. The maximum atomic E-state index is 9.21. The van der Waals surface area contributed by atoms with Crippen LogP contribution in [-0.2, 0) is 0 Å². The minimum absolute atomic E-state index is 0.198. The predicted molar refractivity (Wildman–Crippen MR) is 48.0 cm³/mol. The van der Waals surface area contributed by atoms with E-state index in [2.05, 4.69) is 5.32 Å². The Morgan fingerprint density at radius 3 is 2.83 bits per heavy atom. The fourth-order valence-corrected chi connectivity index (χ4v) is 0.890. The van der Waals surface area contributed by atoms with Crippen LogP contribution in [0.5, 0.6) is 5.75 Å². The second-order valence-electron chi connectivity index (χ2n) is 2.62. The SMILES string of the molecule is CCC(O)Nc1cccc(O)c1. The molecule has 1 atom stereocenters. The summed E-state index contributed by atoms with van der Waals surface area (Å²) in [4.78, 5) is 0. The molecule has 0 saturated heterocycles. The number of hydrogen-bond donors (Lipinski definition) is 3. The highest BCUT2D eigenvalue weighted by atomic mass is 16.3. The van der Waals surface area contributed by atoms with Crippen LogP contribution in [0.1, 0.15) is 13.3 Å². The monoisotopic (exact) mass is 167 g/mol. The number of aliphatic hydroxyl groups excluding tert-OH is 1. The second kappa shape index (κ2) is 3.97. The first-order chi connectivity index (χ1) is 5.72. The Bertz CT molecular complexity index is 250. The molecule has 0 spiro atoms. The predicted octanol–water partition coefficient (Wildman–Crippen LogP) is 1.53. The van der Waals surface area contributed by atoms with Crippen LogP contribution < -0.4 is 5.32 Å². The third-order valence-electron chi connectivity index (χ3n) is 1.57. The van der Waals surface area contributed by atoms with Crippen LogP contribution in [0.4, 0.5) is 5.69 Å². The van der Waals surface area contributed by atoms with E-state index in [0.717, 1.165) is 5.69 Å². The summed E-state index contributed by atoms with van der Waals surface area (Å²) in [5, 5.41) is 21.1. The van der Waals surface area contributed by atoms with Crippen molar-refractivity contribution in [3.05, 3.63) is 24.3 Å². The second-order valence-corrected chi connectivity index (χ2v) is 2.62. The highest BCUT2D eigenvalue weighted by Gasteiger charge is 1.99. The first kappa shape index (κ1) is 8.87. The summed E-state index contributed by atoms with van der Waals surface area (Å²) < 4.78 is 0. The zero-order valence-electron chi connectivity index (χ0n) is 6.99. The number of benzene rings is 1. The Balaban J connectivity index is 2.63. The molecule has 0 fully saturated rings. The Labute approximate surface area is 71.7 Å². The number of phenols is 1. The van der Waals surface area contributed by atoms with Gasteiger partial charge in [-0.3, -0.25) is 0 Å². The van der Waals surface area contributed by atoms with Gasteiger partial charge in [-0.15, -0.1) is 0 Å². The van der Waals surface area contributed by atoms with Crippen LogP contribution in [0.2, 0.25) is 0 Å². The molecule has 1 aromatic carbocycles. The number of aliphatic hydroxyl groups is 1. The molecular weight excluding hydrogens is 154 g/mol. The van der Waals surface area contributed by atoms with Gasteiger partial charge in [0.05, 0.1) is 0 Å². The van der Waals surface area contributed by atoms with E-state index in [1.54, 1.807) is 24.3 Å². The molecule has 0 bridgehead atoms. The largest absolute Gasteiger partial charge is 0.508 e. The molecule has 0 amide bonds. The summed E-state index contributed by atoms with van der Waals surface area (Å²) in [6.45, 7) is 1.88. The van der Waals surface area contributed by atoms with E-state index in [0.29, 0.717) is 6.42 Å². The van der Waals surface area contributed by atoms with Gasteiger partial charge >= 0.3 is 0 Å². The molecule has 1 aromatic rings. The van der Waals surface area contributed by atoms with Gasteiger partial charge in [0, 0.05) is 11.8 Å². The van der Waals surface area contributed by atoms with Gasteiger partial charge in [-0.05, 0) is 18.6 Å². The molecule has 0 heterocycles. The van der Waals surface area contributed by atoms with Crippen molar-refractivity contribution in [1.82, 2.24) is 0 Å². The fourth-order valence-electron chi connectivity index (χ4n) is 0.890. The summed E-state index contributed by atoms with van der Waals surface area (Å²) in [6, 6.07) is 6.67. The van der Waals surface area contributed by atoms with Crippen molar-refractivity contribution in [2.24, 2.45) is 0 Å². The molecule has 0 aliphatic heterocycles. The lowest BCUT2D eigenvalue weighted by Crippen LogP contribution is -2.16. The maximum Gasteiger partial charge on any atom is 0.124 e. The first-order valence-electron chi connectivity index (χ1n) is 3.96. The van der Waals surface area contributed by atoms with Crippen molar-refractivity contribution in [3.63, 3.8) is 0 Å². The molecule has 0 aliphatic rings. The Morgan fingerprint density at radius 2 is 2.25 bits per heavy atom. The molecule has 66 valence electrons. The fraction of sp³-hybridized carbons (Fsp3) is 0.333. The van der Waals surface area contributed by atoms with Gasteiger partial charge in [-0.2, -0.15) is 0 Å². The van der Waals surface area contributed by atoms with Crippen molar-refractivity contribution in [2.45, 2.75) is 19.6 Å². The molecule has 3 N–H and O–H groups in total. The Hall–Kier alpha value is -1.22. The van der Waals surface area contributed by atoms with Crippen LogP contribution >= 0.6 is 0 Å². The number of aromatic hydroxyl groups is 1. The molecule has 0 aliphatic carbocycles. The summed E-state index contributed by atoms with van der Waals surface area (Å²) in [6.07, 6.45) is 0.0853. The van der Waals surface area contributed by atoms with E-state index in [1.807, 2.05) is 6.92 Å². The number of rotatable bonds is 3. The van der Waals surface area contributed by atoms with E-state index < -0.39 is 6.23 Å². The standard InChI is InChI=1S/C9H13NO2/c1-2-9(12)10-7-4-3-5-8(11)6-7/h3-6,9-12H,2H2,1H3. The summed E-state index contributed by atoms with van der Waals surface area (Å²) in [5.41, 5.74) is 0.726. The number of nitrogens with one attached hydrogen (secondary N) is 1. The lowest BCUT2D eigenvalue weighted by atomic mass is 10.3. The van der Waals surface area contributed by atoms with Crippen LogP contribution in [0, 0.1) is 0 Å². The topological polar surface area (TPSA) is 52.5 Å². The van der Waals surface area contributed by atoms with Gasteiger partial charge in [-0.25, -0.2) is 0 Å². The minimum atomic E-state index is -0.549. The molecule has 3 nitrogen and oxygen atoms in total. The summed E-state index contributed by atoms with van der Waals surface area (Å²) in [7, 11) is 0. The van der Waals surface area contributed by atoms with E-state index >= 15 is 0 Å². The van der Waals surface area contributed by atoms with E-state index in [4.69, 9.17) is 5.11 Å². The van der Waals surface area contributed by atoms with Gasteiger partial charge in [0.25, 0.3) is 0 Å². The van der Waals surface area contributed by atoms with Gasteiger partial charge in [0.2, 0.25) is 0 Å². The number of phenolic OH excluding ortho intramolecular Hbond substituents is 1. The van der Waals surface area contributed by atoms with Crippen molar-refractivity contribution in [2.75, 3.05) is 5.32 Å². The zero-order valence-corrected chi connectivity index (χ0v) is 6.99. The molecule has 0 aromatic heterocycles. The van der Waals surface area contributed by atoms with Crippen LogP contribution in [-0.4, -0.2) is 16.4 Å². The van der Waals surface area contributed by atoms with Gasteiger partial charge in [0.1, 0.15) is 12.0 Å². The van der Waals surface area contributed by atoms with Crippen molar-refractivity contribution in [1.29, 1.82) is 0 Å². The van der Waals surface area contributed by atoms with Gasteiger partial charge < -0.3 is 15.5 Å². The van der Waals surface area contributed by atoms with Gasteiger partial charge in [-0.1, -0.05) is 13.0 Å². The average molecular weight is 167 g/mol. The highest BCUT2D eigenvalue weighted by Crippen LogP contribution is 2.15. The quantitative estimate of drug-likeness (QED) is 0.598. The first-order valence-corrected chi connectivity index (χ1v) is 3.96. The zero-order chi connectivity index (χ0) is 8.97. The Kier molecular flexibility index (Phi) is 2.94. The van der Waals surface area contributed by atoms with Crippen LogP contribution in [0.15, 0.2) is 24.3 Å². The lowest BCUT2D eigenvalue weighted by molar-refractivity contribution is 0.199. The van der Waals surface area contributed by atoms with Crippen LogP contribution in [0.3, 0.4) is 0 Å². The molecule has 12 heavy (non-hydrogen) atoms. The van der Waals surface area contributed by atoms with Crippen molar-refractivity contribution < 1.29 is 10.2 Å². The van der Waals surface area contributed by atoms with Crippen molar-refractivity contribution in [3.8, 4) is 5.75 Å². The molecule has 3 heteroatoms. The third kappa shape index (κ3) is 2.43. The lowest BCUT2D eigenvalue weighted by Gasteiger charge is -2.11. The molecule has 0 radical (unpaired) electrons. The van der Waals surface area contributed by atoms with E-state index in [9.17, 15) is 5.11 Å². The van der Waals surface area contributed by atoms with Crippen LogP contribution in [0.25, 0.3) is 0 Å². The molecule has 1 rings (SSSR count). The average Bonchev–Trinajstić information content (AvgIpc) is 2.04. The molecular formula is C9H13NO2. The summed E-state index contributed by atoms with van der Waals surface area (Å²) in [5.74, 6) is 0.198. The highest BCUT2D eigenvalue weighted by molar-refractivity contribution is 5.47. The van der Waals surface area contributed by atoms with Gasteiger partial charge in [0.15, 0.2) is 0 Å². The summed E-state index contributed by atoms with van der Waals surface area (Å²) >= 11 is 0.